The molecule has 4 heteroatoms. The summed E-state index contributed by atoms with van der Waals surface area (Å²) < 4.78 is 17.4. The van der Waals surface area contributed by atoms with Gasteiger partial charge >= 0.3 is 0 Å². The van der Waals surface area contributed by atoms with Gasteiger partial charge in [-0.1, -0.05) is 72.6 Å². The van der Waals surface area contributed by atoms with Crippen LogP contribution in [0.5, 0.6) is 0 Å². The average molecular weight is 371 g/mol. The lowest BCUT2D eigenvalue weighted by Gasteiger charge is -2.22. The zero-order valence-electron chi connectivity index (χ0n) is 17.6. The summed E-state index contributed by atoms with van der Waals surface area (Å²) in [5.41, 5.74) is 0. The molecule has 1 saturated heterocycles. The standard InChI is InChI=1S/C22H42O4/c1-5-9-11-18(7-3)13-14-24-17-21-22(20(23)16-25-21)26-15-19(8-4)12-10-6-2/h18-19,21-22H,5-17H2,1-4H3/t18?,19?,21-,22?/m0/s1. The van der Waals surface area contributed by atoms with Gasteiger partial charge in [-0.15, -0.1) is 0 Å². The largest absolute Gasteiger partial charge is 0.379 e. The van der Waals surface area contributed by atoms with Crippen LogP contribution in [0.25, 0.3) is 0 Å². The molecule has 0 amide bonds. The van der Waals surface area contributed by atoms with E-state index in [4.69, 9.17) is 14.2 Å². The third-order valence-electron chi connectivity index (χ3n) is 5.65. The Balaban J connectivity index is 2.30. The van der Waals surface area contributed by atoms with E-state index in [0.29, 0.717) is 19.1 Å². The number of ether oxygens (including phenoxy) is 3. The van der Waals surface area contributed by atoms with Crippen LogP contribution in [0.1, 0.15) is 85.5 Å². The summed E-state index contributed by atoms with van der Waals surface area (Å²) in [6.07, 6.45) is 10.2. The van der Waals surface area contributed by atoms with Crippen molar-refractivity contribution >= 4 is 5.78 Å². The van der Waals surface area contributed by atoms with E-state index in [-0.39, 0.29) is 18.5 Å². The van der Waals surface area contributed by atoms with Crippen molar-refractivity contribution in [2.24, 2.45) is 11.8 Å². The molecule has 0 radical (unpaired) electrons. The third-order valence-corrected chi connectivity index (χ3v) is 5.65. The first-order chi connectivity index (χ1) is 12.7. The van der Waals surface area contributed by atoms with Gasteiger partial charge in [-0.05, 0) is 24.7 Å². The van der Waals surface area contributed by atoms with Crippen molar-refractivity contribution in [2.45, 2.75) is 97.7 Å². The van der Waals surface area contributed by atoms with E-state index < -0.39 is 6.10 Å². The van der Waals surface area contributed by atoms with Crippen molar-refractivity contribution in [2.75, 3.05) is 26.4 Å². The van der Waals surface area contributed by atoms with E-state index in [1.54, 1.807) is 0 Å². The predicted molar refractivity (Wildman–Crippen MR) is 107 cm³/mol. The molecular formula is C22H42O4. The molecule has 3 unspecified atom stereocenters. The number of rotatable bonds is 16. The molecule has 1 rings (SSSR count). The second-order valence-corrected chi connectivity index (χ2v) is 7.77. The summed E-state index contributed by atoms with van der Waals surface area (Å²) in [5.74, 6) is 1.35. The summed E-state index contributed by atoms with van der Waals surface area (Å²) in [6, 6.07) is 0. The highest BCUT2D eigenvalue weighted by Crippen LogP contribution is 2.20. The van der Waals surface area contributed by atoms with Gasteiger partial charge in [0.05, 0.1) is 13.2 Å². The fourth-order valence-corrected chi connectivity index (χ4v) is 3.53. The summed E-state index contributed by atoms with van der Waals surface area (Å²) in [4.78, 5) is 12.1. The number of unbranched alkanes of at least 4 members (excludes halogenated alkanes) is 2. The maximum atomic E-state index is 12.1. The first-order valence-corrected chi connectivity index (χ1v) is 11.0. The van der Waals surface area contributed by atoms with Gasteiger partial charge in [0.2, 0.25) is 0 Å². The van der Waals surface area contributed by atoms with Gasteiger partial charge in [-0.3, -0.25) is 4.79 Å². The van der Waals surface area contributed by atoms with E-state index in [1.807, 2.05) is 0 Å². The Kier molecular flexibility index (Phi) is 13.2. The van der Waals surface area contributed by atoms with Gasteiger partial charge in [0.1, 0.15) is 18.8 Å². The van der Waals surface area contributed by atoms with Crippen molar-refractivity contribution in [3.8, 4) is 0 Å². The predicted octanol–water partition coefficient (Wildman–Crippen LogP) is 5.18. The molecule has 0 aromatic carbocycles. The molecule has 0 aromatic rings. The van der Waals surface area contributed by atoms with Gasteiger partial charge in [0.15, 0.2) is 5.78 Å². The smallest absolute Gasteiger partial charge is 0.189 e. The van der Waals surface area contributed by atoms with Crippen molar-refractivity contribution in [3.63, 3.8) is 0 Å². The third kappa shape index (κ3) is 8.96. The highest BCUT2D eigenvalue weighted by Gasteiger charge is 2.37. The SMILES string of the molecule is CCCCC(CC)CCOC[C@@H]1OCC(=O)C1OCC(CC)CCCC. The van der Waals surface area contributed by atoms with Crippen LogP contribution in [-0.2, 0) is 19.0 Å². The summed E-state index contributed by atoms with van der Waals surface area (Å²) >= 11 is 0. The topological polar surface area (TPSA) is 44.8 Å². The van der Waals surface area contributed by atoms with Gasteiger partial charge in [0.25, 0.3) is 0 Å². The van der Waals surface area contributed by atoms with Crippen molar-refractivity contribution in [3.05, 3.63) is 0 Å². The van der Waals surface area contributed by atoms with Crippen LogP contribution in [-0.4, -0.2) is 44.4 Å². The molecule has 1 fully saturated rings. The molecular weight excluding hydrogens is 328 g/mol. The molecule has 0 N–H and O–H groups in total. The quantitative estimate of drug-likeness (QED) is 0.351. The van der Waals surface area contributed by atoms with Crippen LogP contribution < -0.4 is 0 Å². The van der Waals surface area contributed by atoms with Gasteiger partial charge in [-0.25, -0.2) is 0 Å². The molecule has 1 heterocycles. The number of ketones is 1. The minimum absolute atomic E-state index is 0.0679. The molecule has 4 nitrogen and oxygen atoms in total. The van der Waals surface area contributed by atoms with Crippen molar-refractivity contribution < 1.29 is 19.0 Å². The molecule has 154 valence electrons. The zero-order chi connectivity index (χ0) is 19.2. The second kappa shape index (κ2) is 14.6. The highest BCUT2D eigenvalue weighted by atomic mass is 16.6. The minimum atomic E-state index is -0.437. The second-order valence-electron chi connectivity index (χ2n) is 7.77. The van der Waals surface area contributed by atoms with Gasteiger partial charge in [0, 0.05) is 6.61 Å². The molecule has 0 aromatic heterocycles. The lowest BCUT2D eigenvalue weighted by Crippen LogP contribution is -2.35. The van der Waals surface area contributed by atoms with Gasteiger partial charge < -0.3 is 14.2 Å². The van der Waals surface area contributed by atoms with Crippen LogP contribution in [0, 0.1) is 11.8 Å². The average Bonchev–Trinajstić information content (AvgIpc) is 3.01. The van der Waals surface area contributed by atoms with Crippen LogP contribution in [0.4, 0.5) is 0 Å². The zero-order valence-corrected chi connectivity index (χ0v) is 17.6. The van der Waals surface area contributed by atoms with Crippen LogP contribution >= 0.6 is 0 Å². The lowest BCUT2D eigenvalue weighted by molar-refractivity contribution is -0.128. The van der Waals surface area contributed by atoms with E-state index >= 15 is 0 Å². The molecule has 0 bridgehead atoms. The monoisotopic (exact) mass is 370 g/mol. The Morgan fingerprint density at radius 2 is 1.65 bits per heavy atom. The fraction of sp³-hybridized carbons (Fsp3) is 0.955. The maximum absolute atomic E-state index is 12.1. The first-order valence-electron chi connectivity index (χ1n) is 11.0. The molecule has 0 spiro atoms. The van der Waals surface area contributed by atoms with Crippen molar-refractivity contribution in [1.82, 2.24) is 0 Å². The Morgan fingerprint density at radius 1 is 1.00 bits per heavy atom. The van der Waals surface area contributed by atoms with Crippen LogP contribution in [0.2, 0.25) is 0 Å². The van der Waals surface area contributed by atoms with E-state index in [2.05, 4.69) is 27.7 Å². The summed E-state index contributed by atoms with van der Waals surface area (Å²) in [5, 5.41) is 0. The fourth-order valence-electron chi connectivity index (χ4n) is 3.53. The molecule has 4 atom stereocenters. The number of hydrogen-bond acceptors (Lipinski definition) is 4. The van der Waals surface area contributed by atoms with E-state index in [1.165, 1.54) is 44.9 Å². The number of carbonyl (C=O) groups excluding carboxylic acids is 1. The normalized spacial score (nSPS) is 22.7. The molecule has 0 aliphatic carbocycles. The highest BCUT2D eigenvalue weighted by molar-refractivity contribution is 5.86. The van der Waals surface area contributed by atoms with Crippen LogP contribution in [0.15, 0.2) is 0 Å². The molecule has 26 heavy (non-hydrogen) atoms. The lowest BCUT2D eigenvalue weighted by atomic mass is 9.96. The summed E-state index contributed by atoms with van der Waals surface area (Å²) in [6.45, 7) is 10.9. The molecule has 0 saturated carbocycles. The van der Waals surface area contributed by atoms with E-state index in [0.717, 1.165) is 25.4 Å². The van der Waals surface area contributed by atoms with E-state index in [9.17, 15) is 4.79 Å². The number of Topliss-reactive ketones (excluding diaryl/α,β-unsaturated/α-hetero) is 1. The first kappa shape index (κ1) is 23.6. The summed E-state index contributed by atoms with van der Waals surface area (Å²) in [7, 11) is 0. The number of hydrogen-bond donors (Lipinski definition) is 0. The van der Waals surface area contributed by atoms with Crippen LogP contribution in [0.3, 0.4) is 0 Å². The molecule has 1 aliphatic rings. The van der Waals surface area contributed by atoms with Crippen molar-refractivity contribution in [1.29, 1.82) is 0 Å². The Hall–Kier alpha value is -0.450. The minimum Gasteiger partial charge on any atom is -0.379 e. The maximum Gasteiger partial charge on any atom is 0.189 e. The van der Waals surface area contributed by atoms with Gasteiger partial charge in [-0.2, -0.15) is 0 Å². The Morgan fingerprint density at radius 3 is 2.27 bits per heavy atom. The Bertz CT molecular complexity index is 358. The molecule has 1 aliphatic heterocycles. The number of carbonyl (C=O) groups is 1. The Labute approximate surface area is 161 Å².